The molecule has 0 heterocycles. The maximum absolute atomic E-state index is 12.2. The second-order valence-electron chi connectivity index (χ2n) is 6.51. The van der Waals surface area contributed by atoms with Crippen molar-refractivity contribution in [1.82, 2.24) is 5.32 Å². The van der Waals surface area contributed by atoms with Gasteiger partial charge in [-0.05, 0) is 30.5 Å². The van der Waals surface area contributed by atoms with Crippen molar-refractivity contribution in [2.24, 2.45) is 5.41 Å². The molecule has 4 nitrogen and oxygen atoms in total. The molecule has 0 fully saturated rings. The van der Waals surface area contributed by atoms with Gasteiger partial charge in [0.2, 0.25) is 11.0 Å². The van der Waals surface area contributed by atoms with E-state index in [0.717, 1.165) is 11.3 Å². The molecule has 1 amide bonds. The summed E-state index contributed by atoms with van der Waals surface area (Å²) in [6.07, 6.45) is 1.23. The van der Waals surface area contributed by atoms with Gasteiger partial charge in [0, 0.05) is 25.5 Å². The SMILES string of the molecule is CN(C)c1ccc(CC[C@@H](NC(=O)C(C)(C)CS)C(=O)S)cc1. The Balaban J connectivity index is 2.67. The van der Waals surface area contributed by atoms with Crippen molar-refractivity contribution in [3.05, 3.63) is 29.8 Å². The third kappa shape index (κ3) is 6.11. The van der Waals surface area contributed by atoms with E-state index >= 15 is 0 Å². The molecule has 6 heteroatoms. The van der Waals surface area contributed by atoms with Crippen LogP contribution in [0.15, 0.2) is 24.3 Å². The highest BCUT2D eigenvalue weighted by atomic mass is 32.1. The summed E-state index contributed by atoms with van der Waals surface area (Å²) in [6.45, 7) is 3.60. The molecule has 1 atom stereocenters. The molecule has 128 valence electrons. The first-order valence-corrected chi connectivity index (χ1v) is 8.66. The number of hydrogen-bond acceptors (Lipinski definition) is 4. The van der Waals surface area contributed by atoms with E-state index in [-0.39, 0.29) is 11.0 Å². The lowest BCUT2D eigenvalue weighted by atomic mass is 9.94. The van der Waals surface area contributed by atoms with Crippen LogP contribution in [-0.4, -0.2) is 36.9 Å². The third-order valence-electron chi connectivity index (χ3n) is 3.79. The first kappa shape index (κ1) is 19.9. The monoisotopic (exact) mass is 354 g/mol. The lowest BCUT2D eigenvalue weighted by Crippen LogP contribution is -2.46. The smallest absolute Gasteiger partial charge is 0.227 e. The van der Waals surface area contributed by atoms with Crippen molar-refractivity contribution in [3.8, 4) is 0 Å². The molecule has 0 radical (unpaired) electrons. The summed E-state index contributed by atoms with van der Waals surface area (Å²) in [4.78, 5) is 25.9. The lowest BCUT2D eigenvalue weighted by molar-refractivity contribution is -0.130. The van der Waals surface area contributed by atoms with E-state index in [2.05, 4.69) is 30.6 Å². The van der Waals surface area contributed by atoms with Crippen LogP contribution in [-0.2, 0) is 16.0 Å². The molecule has 1 rings (SSSR count). The normalized spacial score (nSPS) is 12.6. The number of aryl methyl sites for hydroxylation is 1. The number of rotatable bonds is 8. The number of nitrogens with one attached hydrogen (secondary N) is 1. The van der Waals surface area contributed by atoms with Gasteiger partial charge in [0.15, 0.2) is 0 Å². The Morgan fingerprint density at radius 1 is 1.22 bits per heavy atom. The van der Waals surface area contributed by atoms with Crippen LogP contribution in [0.1, 0.15) is 25.8 Å². The van der Waals surface area contributed by atoms with Gasteiger partial charge in [-0.15, -0.1) is 12.6 Å². The van der Waals surface area contributed by atoms with Gasteiger partial charge >= 0.3 is 0 Å². The van der Waals surface area contributed by atoms with Crippen molar-refractivity contribution in [2.45, 2.75) is 32.7 Å². The van der Waals surface area contributed by atoms with E-state index < -0.39 is 11.5 Å². The minimum Gasteiger partial charge on any atom is -0.378 e. The van der Waals surface area contributed by atoms with Crippen LogP contribution in [0.2, 0.25) is 0 Å². The summed E-state index contributed by atoms with van der Waals surface area (Å²) >= 11 is 8.08. The average Bonchev–Trinajstić information content (AvgIpc) is 2.51. The van der Waals surface area contributed by atoms with Gasteiger partial charge < -0.3 is 10.2 Å². The summed E-state index contributed by atoms with van der Waals surface area (Å²) in [7, 11) is 3.98. The molecule has 1 aromatic rings. The van der Waals surface area contributed by atoms with Gasteiger partial charge in [-0.2, -0.15) is 12.6 Å². The average molecular weight is 355 g/mol. The van der Waals surface area contributed by atoms with Crippen molar-refractivity contribution < 1.29 is 9.59 Å². The molecule has 0 bridgehead atoms. The summed E-state index contributed by atoms with van der Waals surface area (Å²) in [5, 5.41) is 2.46. The fourth-order valence-corrected chi connectivity index (χ4v) is 2.29. The van der Waals surface area contributed by atoms with Crippen LogP contribution < -0.4 is 10.2 Å². The Kier molecular flexibility index (Phi) is 7.48. The Bertz CT molecular complexity index is 542. The van der Waals surface area contributed by atoms with Crippen molar-refractivity contribution in [1.29, 1.82) is 0 Å². The summed E-state index contributed by atoms with van der Waals surface area (Å²) < 4.78 is 0. The van der Waals surface area contributed by atoms with Crippen molar-refractivity contribution >= 4 is 42.0 Å². The first-order valence-electron chi connectivity index (χ1n) is 7.58. The van der Waals surface area contributed by atoms with E-state index in [0.29, 0.717) is 18.6 Å². The largest absolute Gasteiger partial charge is 0.378 e. The Morgan fingerprint density at radius 3 is 2.22 bits per heavy atom. The first-order chi connectivity index (χ1) is 10.7. The lowest BCUT2D eigenvalue weighted by Gasteiger charge is -2.24. The molecule has 0 aliphatic heterocycles. The molecule has 1 N–H and O–H groups in total. The molecule has 23 heavy (non-hydrogen) atoms. The quantitative estimate of drug-likeness (QED) is 0.629. The fraction of sp³-hybridized carbons (Fsp3) is 0.529. The van der Waals surface area contributed by atoms with Crippen molar-refractivity contribution in [2.75, 3.05) is 24.7 Å². The summed E-state index contributed by atoms with van der Waals surface area (Å²) in [6, 6.07) is 7.56. The maximum atomic E-state index is 12.2. The number of carbonyl (C=O) groups excluding carboxylic acids is 2. The Labute approximate surface area is 149 Å². The van der Waals surface area contributed by atoms with Gasteiger partial charge in [-0.3, -0.25) is 9.59 Å². The van der Waals surface area contributed by atoms with Crippen LogP contribution >= 0.6 is 25.3 Å². The number of anilines is 1. The van der Waals surface area contributed by atoms with Gasteiger partial charge in [0.1, 0.15) is 0 Å². The topological polar surface area (TPSA) is 49.4 Å². The summed E-state index contributed by atoms with van der Waals surface area (Å²) in [5.74, 6) is 0.237. The zero-order chi connectivity index (χ0) is 17.6. The fourth-order valence-electron chi connectivity index (χ4n) is 1.95. The van der Waals surface area contributed by atoms with Crippen molar-refractivity contribution in [3.63, 3.8) is 0 Å². The highest BCUT2D eigenvalue weighted by Crippen LogP contribution is 2.18. The molecule has 0 aromatic heterocycles. The second-order valence-corrected chi connectivity index (χ2v) is 7.26. The Hall–Kier alpha value is -1.14. The van der Waals surface area contributed by atoms with E-state index in [1.807, 2.05) is 43.3 Å². The molecule has 0 saturated carbocycles. The Morgan fingerprint density at radius 2 is 1.78 bits per heavy atom. The molecule has 0 saturated heterocycles. The molecule has 0 aliphatic carbocycles. The minimum absolute atomic E-state index is 0.178. The van der Waals surface area contributed by atoms with E-state index in [4.69, 9.17) is 0 Å². The van der Waals surface area contributed by atoms with Gasteiger partial charge in [-0.25, -0.2) is 0 Å². The summed E-state index contributed by atoms with van der Waals surface area (Å²) in [5.41, 5.74) is 1.63. The standard InChI is InChI=1S/C17H26N2O2S2/c1-17(2,11-22)16(21)18-14(15(20)23)10-7-12-5-8-13(9-6-12)19(3)4/h5-6,8-9,14,22H,7,10-11H2,1-4H3,(H,18,21)(H,20,23)/t14-/m1/s1. The van der Waals surface area contributed by atoms with Crippen LogP contribution in [0.3, 0.4) is 0 Å². The number of thiol groups is 2. The zero-order valence-corrected chi connectivity index (χ0v) is 16.0. The highest BCUT2D eigenvalue weighted by Gasteiger charge is 2.29. The second kappa shape index (κ2) is 8.64. The van der Waals surface area contributed by atoms with Crippen LogP contribution in [0, 0.1) is 5.41 Å². The zero-order valence-electron chi connectivity index (χ0n) is 14.2. The molecular weight excluding hydrogens is 328 g/mol. The molecule has 0 aliphatic rings. The number of carbonyl (C=O) groups is 2. The molecule has 0 spiro atoms. The molecule has 0 unspecified atom stereocenters. The maximum Gasteiger partial charge on any atom is 0.227 e. The predicted molar refractivity (Wildman–Crippen MR) is 103 cm³/mol. The van der Waals surface area contributed by atoms with Gasteiger partial charge in [0.25, 0.3) is 0 Å². The van der Waals surface area contributed by atoms with Crippen LogP contribution in [0.4, 0.5) is 5.69 Å². The number of amides is 1. The van der Waals surface area contributed by atoms with Crippen LogP contribution in [0.25, 0.3) is 0 Å². The van der Waals surface area contributed by atoms with Crippen LogP contribution in [0.5, 0.6) is 0 Å². The number of benzene rings is 1. The van der Waals surface area contributed by atoms with E-state index in [9.17, 15) is 9.59 Å². The van der Waals surface area contributed by atoms with Gasteiger partial charge in [-0.1, -0.05) is 26.0 Å². The highest BCUT2D eigenvalue weighted by molar-refractivity contribution is 7.96. The van der Waals surface area contributed by atoms with E-state index in [1.54, 1.807) is 13.8 Å². The number of hydrogen-bond donors (Lipinski definition) is 3. The molecule has 1 aromatic carbocycles. The molecular formula is C17H26N2O2S2. The number of nitrogens with zero attached hydrogens (tertiary/aromatic N) is 1. The van der Waals surface area contributed by atoms with Gasteiger partial charge in [0.05, 0.1) is 11.5 Å². The predicted octanol–water partition coefficient (Wildman–Crippen LogP) is 2.58. The minimum atomic E-state index is -0.613. The van der Waals surface area contributed by atoms with E-state index in [1.165, 1.54) is 0 Å². The third-order valence-corrected chi connectivity index (χ3v) is 4.89.